The molecule has 0 fully saturated rings. The van der Waals surface area contributed by atoms with E-state index in [-0.39, 0.29) is 10.5 Å². The largest absolute Gasteiger partial charge is 0.478 e. The van der Waals surface area contributed by atoms with Gasteiger partial charge in [0.1, 0.15) is 0 Å². The van der Waals surface area contributed by atoms with Gasteiger partial charge in [0, 0.05) is 14.3 Å². The lowest BCUT2D eigenvalue weighted by atomic mass is 10.2. The highest BCUT2D eigenvalue weighted by Crippen LogP contribution is 2.31. The minimum Gasteiger partial charge on any atom is -0.478 e. The number of hydrogen-bond acceptors (Lipinski definition) is 4. The Morgan fingerprint density at radius 2 is 1.67 bits per heavy atom. The highest BCUT2D eigenvalue weighted by molar-refractivity contribution is 9.10. The third-order valence-electron chi connectivity index (χ3n) is 2.56. The molecule has 3 N–H and O–H groups in total. The molecule has 0 aliphatic rings. The lowest BCUT2D eigenvalue weighted by Crippen LogP contribution is -2.11. The summed E-state index contributed by atoms with van der Waals surface area (Å²) >= 11 is 4.50. The second-order valence-electron chi connectivity index (χ2n) is 4.07. The van der Waals surface area contributed by atoms with Crippen LogP contribution in [-0.2, 0) is 10.0 Å². The van der Waals surface area contributed by atoms with Crippen LogP contribution < -0.4 is 5.14 Å². The van der Waals surface area contributed by atoms with E-state index < -0.39 is 16.0 Å². The Morgan fingerprint density at radius 1 is 1.10 bits per heavy atom. The Morgan fingerprint density at radius 3 is 2.19 bits per heavy atom. The minimum atomic E-state index is -3.71. The molecular weight excluding hydrogens is 378 g/mol. The second kappa shape index (κ2) is 6.18. The summed E-state index contributed by atoms with van der Waals surface area (Å²) in [6.45, 7) is 0. The van der Waals surface area contributed by atoms with Crippen molar-refractivity contribution in [3.05, 3.63) is 52.5 Å². The average molecular weight is 388 g/mol. The van der Waals surface area contributed by atoms with Crippen LogP contribution in [0.25, 0.3) is 0 Å². The Balaban J connectivity index is 2.26. The van der Waals surface area contributed by atoms with Crippen LogP contribution in [-0.4, -0.2) is 19.5 Å². The van der Waals surface area contributed by atoms with Crippen molar-refractivity contribution in [2.24, 2.45) is 5.14 Å². The first-order valence-corrected chi connectivity index (χ1v) is 8.76. The van der Waals surface area contributed by atoms with Gasteiger partial charge in [0.2, 0.25) is 10.0 Å². The number of rotatable bonds is 4. The van der Waals surface area contributed by atoms with Crippen LogP contribution in [0.2, 0.25) is 0 Å². The zero-order valence-electron chi connectivity index (χ0n) is 10.5. The molecule has 0 unspecified atom stereocenters. The van der Waals surface area contributed by atoms with Gasteiger partial charge in [-0.15, -0.1) is 0 Å². The van der Waals surface area contributed by atoms with E-state index in [9.17, 15) is 13.2 Å². The predicted molar refractivity (Wildman–Crippen MR) is 83.0 cm³/mol. The van der Waals surface area contributed by atoms with Crippen molar-refractivity contribution in [1.29, 1.82) is 0 Å². The second-order valence-corrected chi connectivity index (χ2v) is 7.63. The number of carbonyl (C=O) groups is 1. The minimum absolute atomic E-state index is 0.0360. The van der Waals surface area contributed by atoms with E-state index in [2.05, 4.69) is 15.9 Å². The van der Waals surface area contributed by atoms with Crippen LogP contribution in [0.15, 0.2) is 61.6 Å². The number of halogens is 1. The predicted octanol–water partition coefficient (Wildman–Crippen LogP) is 2.95. The van der Waals surface area contributed by atoms with Crippen molar-refractivity contribution >= 4 is 43.7 Å². The molecule has 0 aliphatic carbocycles. The maximum Gasteiger partial charge on any atom is 0.336 e. The highest BCUT2D eigenvalue weighted by atomic mass is 79.9. The molecule has 0 radical (unpaired) electrons. The van der Waals surface area contributed by atoms with E-state index in [1.54, 1.807) is 30.3 Å². The lowest BCUT2D eigenvalue weighted by Gasteiger charge is -2.05. The lowest BCUT2D eigenvalue weighted by molar-refractivity contribution is 0.0695. The quantitative estimate of drug-likeness (QED) is 0.840. The van der Waals surface area contributed by atoms with E-state index in [1.165, 1.54) is 23.9 Å². The van der Waals surface area contributed by atoms with Gasteiger partial charge in [0.25, 0.3) is 0 Å². The first-order chi connectivity index (χ1) is 9.77. The van der Waals surface area contributed by atoms with E-state index in [4.69, 9.17) is 10.2 Å². The van der Waals surface area contributed by atoms with Gasteiger partial charge in [-0.25, -0.2) is 18.4 Å². The van der Waals surface area contributed by atoms with Gasteiger partial charge < -0.3 is 5.11 Å². The van der Waals surface area contributed by atoms with Crippen molar-refractivity contribution in [3.8, 4) is 0 Å². The number of carboxylic acids is 1. The number of primary sulfonamides is 1. The number of sulfonamides is 1. The number of benzene rings is 2. The first-order valence-electron chi connectivity index (χ1n) is 5.61. The van der Waals surface area contributed by atoms with Crippen LogP contribution in [0.1, 0.15) is 10.4 Å². The summed E-state index contributed by atoms with van der Waals surface area (Å²) in [5, 5.41) is 14.1. The molecular formula is C13H10BrNO4S2. The monoisotopic (exact) mass is 387 g/mol. The van der Waals surface area contributed by atoms with Gasteiger partial charge in [-0.05, 0) is 58.4 Å². The summed E-state index contributed by atoms with van der Waals surface area (Å²) in [4.78, 5) is 12.6. The van der Waals surface area contributed by atoms with Gasteiger partial charge >= 0.3 is 5.97 Å². The molecule has 0 amide bonds. The maximum atomic E-state index is 11.2. The van der Waals surface area contributed by atoms with E-state index in [1.807, 2.05) is 0 Å². The van der Waals surface area contributed by atoms with Crippen molar-refractivity contribution in [3.63, 3.8) is 0 Å². The van der Waals surface area contributed by atoms with E-state index in [0.29, 0.717) is 4.47 Å². The van der Waals surface area contributed by atoms with E-state index >= 15 is 0 Å². The molecule has 0 atom stereocenters. The third kappa shape index (κ3) is 4.07. The molecule has 5 nitrogen and oxygen atoms in total. The Bertz CT molecular complexity index is 788. The fraction of sp³-hybridized carbons (Fsp3) is 0. The van der Waals surface area contributed by atoms with Gasteiger partial charge in [-0.2, -0.15) is 0 Å². The summed E-state index contributed by atoms with van der Waals surface area (Å²) in [7, 11) is -3.71. The van der Waals surface area contributed by atoms with Crippen LogP contribution >= 0.6 is 27.7 Å². The molecule has 110 valence electrons. The fourth-order valence-electron chi connectivity index (χ4n) is 1.57. The number of carboxylic acid groups (broad SMARTS) is 1. The molecule has 8 heteroatoms. The van der Waals surface area contributed by atoms with Gasteiger partial charge in [0.15, 0.2) is 0 Å². The molecule has 2 aromatic carbocycles. The Labute approximate surface area is 134 Å². The first kappa shape index (κ1) is 16.0. The number of hydrogen-bond donors (Lipinski definition) is 2. The van der Waals surface area contributed by atoms with Crippen molar-refractivity contribution in [2.75, 3.05) is 0 Å². The molecule has 2 rings (SSSR count). The topological polar surface area (TPSA) is 97.5 Å². The summed E-state index contributed by atoms with van der Waals surface area (Å²) in [5.41, 5.74) is 0.168. The van der Waals surface area contributed by atoms with Crippen molar-refractivity contribution < 1.29 is 18.3 Å². The SMILES string of the molecule is NS(=O)(=O)c1ccc(Sc2ccc(Br)c(C(=O)O)c2)cc1. The smallest absolute Gasteiger partial charge is 0.336 e. The number of aromatic carboxylic acids is 1. The molecule has 0 heterocycles. The molecule has 0 saturated carbocycles. The zero-order valence-corrected chi connectivity index (χ0v) is 13.7. The molecule has 0 aromatic heterocycles. The van der Waals surface area contributed by atoms with Crippen molar-refractivity contribution in [1.82, 2.24) is 0 Å². The van der Waals surface area contributed by atoms with Gasteiger partial charge in [-0.3, -0.25) is 0 Å². The standard InChI is InChI=1S/C13H10BrNO4S2/c14-12-6-3-9(7-11(12)13(16)17)20-8-1-4-10(5-2-8)21(15,18)19/h1-7H,(H,16,17)(H2,15,18,19). The summed E-state index contributed by atoms with van der Waals surface area (Å²) in [5.74, 6) is -1.02. The molecule has 0 aliphatic heterocycles. The van der Waals surface area contributed by atoms with Crippen molar-refractivity contribution in [2.45, 2.75) is 14.7 Å². The molecule has 2 aromatic rings. The maximum absolute atomic E-state index is 11.2. The third-order valence-corrected chi connectivity index (χ3v) is 5.17. The Kier molecular flexibility index (Phi) is 4.72. The van der Waals surface area contributed by atoms with Crippen LogP contribution in [0.5, 0.6) is 0 Å². The molecule has 0 bridgehead atoms. The van der Waals surface area contributed by atoms with Gasteiger partial charge in [-0.1, -0.05) is 11.8 Å². The summed E-state index contributed by atoms with van der Waals surface area (Å²) < 4.78 is 22.8. The van der Waals surface area contributed by atoms with Crippen LogP contribution in [0.4, 0.5) is 0 Å². The number of nitrogens with two attached hydrogens (primary N) is 1. The average Bonchev–Trinajstić information content (AvgIpc) is 2.40. The fourth-order valence-corrected chi connectivity index (χ4v) is 3.35. The van der Waals surface area contributed by atoms with Crippen LogP contribution in [0.3, 0.4) is 0 Å². The highest BCUT2D eigenvalue weighted by Gasteiger charge is 2.11. The van der Waals surface area contributed by atoms with Gasteiger partial charge in [0.05, 0.1) is 10.5 Å². The zero-order chi connectivity index (χ0) is 15.6. The van der Waals surface area contributed by atoms with E-state index in [0.717, 1.165) is 9.79 Å². The molecule has 0 saturated heterocycles. The summed E-state index contributed by atoms with van der Waals surface area (Å²) in [6.07, 6.45) is 0. The normalized spacial score (nSPS) is 11.3. The Hall–Kier alpha value is -1.35. The summed E-state index contributed by atoms with van der Waals surface area (Å²) in [6, 6.07) is 11.0. The molecule has 21 heavy (non-hydrogen) atoms. The molecule has 0 spiro atoms. The van der Waals surface area contributed by atoms with Crippen LogP contribution in [0, 0.1) is 0 Å².